The maximum atomic E-state index is 13.0. The fourth-order valence-electron chi connectivity index (χ4n) is 3.12. The highest BCUT2D eigenvalue weighted by Gasteiger charge is 2.40. The van der Waals surface area contributed by atoms with E-state index in [9.17, 15) is 34.8 Å². The molecule has 4 rings (SSSR count). The molecular weight excluding hydrogens is 466 g/mol. The molecule has 1 aromatic heterocycles. The Morgan fingerprint density at radius 3 is 1.94 bits per heavy atom. The summed E-state index contributed by atoms with van der Waals surface area (Å²) in [6.45, 7) is 2.50. The lowest BCUT2D eigenvalue weighted by atomic mass is 10.0. The number of nitrogens with one attached hydrogen (secondary N) is 3. The first kappa shape index (κ1) is 23.8. The Morgan fingerprint density at radius 1 is 0.844 bits per heavy atom. The van der Waals surface area contributed by atoms with E-state index in [0.29, 0.717) is 12.1 Å². The zero-order chi connectivity index (χ0) is 23.7. The zero-order valence-electron chi connectivity index (χ0n) is 16.2. The molecule has 176 valence electrons. The molecule has 0 bridgehead atoms. The molecule has 0 radical (unpaired) electrons. The summed E-state index contributed by atoms with van der Waals surface area (Å²) in [5, 5.41) is 9.85. The smallest absolute Gasteiger partial charge is 0.382 e. The van der Waals surface area contributed by atoms with Crippen molar-refractivity contribution in [1.29, 1.82) is 0 Å². The number of nitrogen functional groups attached to an aromatic ring is 1. The van der Waals surface area contributed by atoms with Crippen molar-refractivity contribution in [2.24, 2.45) is 0 Å². The molecule has 2 aliphatic rings. The summed E-state index contributed by atoms with van der Waals surface area (Å²) in [6, 6.07) is 1.78. The second-order valence-corrected chi connectivity index (χ2v) is 8.37. The van der Waals surface area contributed by atoms with Crippen LogP contribution in [-0.2, 0) is 22.6 Å². The molecule has 0 atom stereocenters. The third kappa shape index (κ3) is 5.32. The Labute approximate surface area is 178 Å². The van der Waals surface area contributed by atoms with Crippen LogP contribution >= 0.6 is 0 Å². The lowest BCUT2D eigenvalue weighted by Crippen LogP contribution is -2.21. The van der Waals surface area contributed by atoms with Crippen LogP contribution < -0.4 is 20.5 Å². The van der Waals surface area contributed by atoms with E-state index in [1.54, 1.807) is 9.44 Å². The molecule has 32 heavy (non-hydrogen) atoms. The molecule has 0 spiro atoms. The molecule has 0 amide bonds. The van der Waals surface area contributed by atoms with Crippen LogP contribution in [0.15, 0.2) is 18.2 Å². The number of benzene rings is 1. The molecule has 15 heteroatoms. The maximum absolute atomic E-state index is 13.0. The molecule has 3 heterocycles. The molecule has 1 fully saturated rings. The van der Waals surface area contributed by atoms with Crippen molar-refractivity contribution < 1.29 is 34.8 Å². The number of fused-ring (bicyclic) bond motifs is 1. The summed E-state index contributed by atoms with van der Waals surface area (Å²) in [4.78, 5) is 0. The predicted molar refractivity (Wildman–Crippen MR) is 105 cm³/mol. The monoisotopic (exact) mass is 484 g/mol. The molecule has 0 saturated carbocycles. The first-order valence-electron chi connectivity index (χ1n) is 9.26. The summed E-state index contributed by atoms with van der Waals surface area (Å²) in [5.74, 6) is -0.927. The van der Waals surface area contributed by atoms with E-state index in [1.807, 2.05) is 0 Å². The topological polar surface area (TPSA) is 122 Å². The first-order chi connectivity index (χ1) is 14.8. The number of hydrogen-bond donors (Lipinski definition) is 4. The fourth-order valence-corrected chi connectivity index (χ4v) is 4.13. The Hall–Kier alpha value is -2.81. The van der Waals surface area contributed by atoms with Gasteiger partial charge in [0.2, 0.25) is 0 Å². The first-order valence-corrected chi connectivity index (χ1v) is 10.7. The van der Waals surface area contributed by atoms with Crippen molar-refractivity contribution in [2.75, 3.05) is 28.3 Å². The average Bonchev–Trinajstić information content (AvgIpc) is 3.02. The molecule has 2 aromatic rings. The van der Waals surface area contributed by atoms with Gasteiger partial charge in [0.15, 0.2) is 5.82 Å². The van der Waals surface area contributed by atoms with Gasteiger partial charge in [-0.25, -0.2) is 0 Å². The number of hydrogen-bond acceptors (Lipinski definition) is 6. The van der Waals surface area contributed by atoms with Gasteiger partial charge in [-0.05, 0) is 44.1 Å². The lowest BCUT2D eigenvalue weighted by Gasteiger charge is -2.14. The molecule has 0 aliphatic carbocycles. The van der Waals surface area contributed by atoms with Crippen LogP contribution in [-0.4, -0.2) is 31.7 Å². The van der Waals surface area contributed by atoms with Crippen LogP contribution in [0.5, 0.6) is 0 Å². The number of nitrogens with two attached hydrogens (primary N) is 1. The standard InChI is InChI=1S/C12H7F6N5O2S.C5H11N/c13-11(14,15)5-2-1-4(8-9(5)23-26(24,25)22-8)7-3-6(12(16,17)18)10(19)21-20-7;1-2-4-6-5-3-1/h1-3,22-23H,(H2,19,21);6H,1-5H2. The van der Waals surface area contributed by atoms with Crippen LogP contribution in [0, 0.1) is 0 Å². The van der Waals surface area contributed by atoms with Crippen molar-refractivity contribution in [3.8, 4) is 11.3 Å². The highest BCUT2D eigenvalue weighted by molar-refractivity contribution is 7.94. The molecule has 1 aromatic carbocycles. The van der Waals surface area contributed by atoms with Crippen LogP contribution in [0.3, 0.4) is 0 Å². The number of halogens is 6. The third-order valence-electron chi connectivity index (χ3n) is 4.59. The molecular formula is C17H18F6N6O2S. The van der Waals surface area contributed by atoms with E-state index in [0.717, 1.165) is 6.07 Å². The predicted octanol–water partition coefficient (Wildman–Crippen LogP) is 3.61. The normalized spacial score (nSPS) is 17.4. The van der Waals surface area contributed by atoms with Gasteiger partial charge in [0, 0.05) is 5.56 Å². The van der Waals surface area contributed by atoms with Crippen molar-refractivity contribution >= 4 is 27.4 Å². The number of rotatable bonds is 1. The van der Waals surface area contributed by atoms with Crippen LogP contribution in [0.1, 0.15) is 30.4 Å². The van der Waals surface area contributed by atoms with Gasteiger partial charge in [-0.2, -0.15) is 34.8 Å². The number of anilines is 3. The van der Waals surface area contributed by atoms with Gasteiger partial charge in [-0.3, -0.25) is 9.44 Å². The van der Waals surface area contributed by atoms with Gasteiger partial charge in [0.05, 0.1) is 22.6 Å². The van der Waals surface area contributed by atoms with Gasteiger partial charge < -0.3 is 11.1 Å². The molecule has 8 nitrogen and oxygen atoms in total. The highest BCUT2D eigenvalue weighted by atomic mass is 32.2. The van der Waals surface area contributed by atoms with E-state index < -0.39 is 56.6 Å². The van der Waals surface area contributed by atoms with Crippen LogP contribution in [0.4, 0.5) is 43.5 Å². The summed E-state index contributed by atoms with van der Waals surface area (Å²) < 4.78 is 105. The molecule has 0 unspecified atom stereocenters. The van der Waals surface area contributed by atoms with E-state index in [4.69, 9.17) is 5.73 Å². The average molecular weight is 484 g/mol. The summed E-state index contributed by atoms with van der Waals surface area (Å²) >= 11 is 0. The van der Waals surface area contributed by atoms with Crippen molar-refractivity contribution in [2.45, 2.75) is 31.6 Å². The lowest BCUT2D eigenvalue weighted by molar-refractivity contribution is -0.137. The number of aromatic nitrogens is 2. The van der Waals surface area contributed by atoms with Crippen molar-refractivity contribution in [3.63, 3.8) is 0 Å². The van der Waals surface area contributed by atoms with Gasteiger partial charge >= 0.3 is 22.6 Å². The van der Waals surface area contributed by atoms with E-state index in [-0.39, 0.29) is 5.56 Å². The van der Waals surface area contributed by atoms with Gasteiger partial charge in [0.1, 0.15) is 5.56 Å². The molecule has 2 aliphatic heterocycles. The quantitative estimate of drug-likeness (QED) is 0.459. The number of nitrogens with zero attached hydrogens (tertiary/aromatic N) is 2. The van der Waals surface area contributed by atoms with E-state index in [2.05, 4.69) is 15.5 Å². The Kier molecular flexibility index (Phi) is 6.42. The second-order valence-electron chi connectivity index (χ2n) is 6.95. The SMILES string of the molecule is C1CCNCC1.Nc1nnc(-c2ccc(C(F)(F)F)c3c2NS(=O)(=O)N3)cc1C(F)(F)F. The Morgan fingerprint density at radius 2 is 1.44 bits per heavy atom. The Balaban J connectivity index is 0.000000416. The van der Waals surface area contributed by atoms with Gasteiger partial charge in [-0.1, -0.05) is 6.42 Å². The van der Waals surface area contributed by atoms with Crippen molar-refractivity contribution in [1.82, 2.24) is 15.5 Å². The largest absolute Gasteiger partial charge is 0.420 e. The summed E-state index contributed by atoms with van der Waals surface area (Å²) in [5.41, 5.74) is 0.172. The van der Waals surface area contributed by atoms with E-state index >= 15 is 0 Å². The molecule has 1 saturated heterocycles. The van der Waals surface area contributed by atoms with Gasteiger partial charge in [0.25, 0.3) is 0 Å². The second kappa shape index (κ2) is 8.61. The minimum absolute atomic E-state index is 0.334. The van der Waals surface area contributed by atoms with Crippen LogP contribution in [0.2, 0.25) is 0 Å². The number of piperidine rings is 1. The zero-order valence-corrected chi connectivity index (χ0v) is 17.0. The van der Waals surface area contributed by atoms with Gasteiger partial charge in [-0.15, -0.1) is 10.2 Å². The fraction of sp³-hybridized carbons (Fsp3) is 0.412. The van der Waals surface area contributed by atoms with Crippen molar-refractivity contribution in [3.05, 3.63) is 29.3 Å². The molecule has 5 N–H and O–H groups in total. The maximum Gasteiger partial charge on any atom is 0.420 e. The summed E-state index contributed by atoms with van der Waals surface area (Å²) in [6.07, 6.45) is -5.57. The summed E-state index contributed by atoms with van der Waals surface area (Å²) in [7, 11) is -4.36. The van der Waals surface area contributed by atoms with E-state index in [1.165, 1.54) is 32.4 Å². The Bertz CT molecular complexity index is 1090. The third-order valence-corrected chi connectivity index (χ3v) is 5.54. The minimum Gasteiger partial charge on any atom is -0.382 e. The highest BCUT2D eigenvalue weighted by Crippen LogP contribution is 2.47. The minimum atomic E-state index is -4.90. The van der Waals surface area contributed by atoms with Crippen LogP contribution in [0.25, 0.3) is 11.3 Å². The number of alkyl halides is 6.